The zero-order valence-electron chi connectivity index (χ0n) is 16.9. The van der Waals surface area contributed by atoms with Crippen LogP contribution in [0.15, 0.2) is 0 Å². The fourth-order valence-corrected chi connectivity index (χ4v) is 2.42. The fourth-order valence-electron chi connectivity index (χ4n) is 2.42. The van der Waals surface area contributed by atoms with Crippen LogP contribution < -0.4 is 0 Å². The van der Waals surface area contributed by atoms with Crippen molar-refractivity contribution >= 4 is 5.97 Å². The maximum atomic E-state index is 10.7. The summed E-state index contributed by atoms with van der Waals surface area (Å²) in [6.07, 6.45) is 8.06. The molecular weight excluding hydrogens is 306 g/mol. The number of likely N-dealkylation sites (tertiary alicyclic amines) is 1. The molecule has 0 aromatic rings. The van der Waals surface area contributed by atoms with Gasteiger partial charge in [-0.05, 0) is 40.0 Å². The second-order valence-electron chi connectivity index (χ2n) is 7.39. The van der Waals surface area contributed by atoms with E-state index in [-0.39, 0.29) is 19.2 Å². The Labute approximate surface area is 149 Å². The number of rotatable bonds is 6. The lowest BCUT2D eigenvalue weighted by Gasteiger charge is -2.48. The first kappa shape index (κ1) is 25.6. The van der Waals surface area contributed by atoms with Gasteiger partial charge in [-0.3, -0.25) is 4.79 Å². The van der Waals surface area contributed by atoms with Gasteiger partial charge in [-0.1, -0.05) is 19.8 Å². The number of aliphatic hydroxyl groups excluding tert-OH is 2. The van der Waals surface area contributed by atoms with Crippen LogP contribution in [0.1, 0.15) is 72.6 Å². The largest absolute Gasteiger partial charge is 0.466 e. The average Bonchev–Trinajstić information content (AvgIpc) is 2.52. The summed E-state index contributed by atoms with van der Waals surface area (Å²) < 4.78 is 5.95. The molecule has 1 aliphatic rings. The molecular formula is C19H42NO4+. The Bertz CT molecular complexity index is 286. The Morgan fingerprint density at radius 3 is 2.00 bits per heavy atom. The molecule has 0 aliphatic carbocycles. The van der Waals surface area contributed by atoms with Crippen molar-refractivity contribution in [3.63, 3.8) is 0 Å². The quantitative estimate of drug-likeness (QED) is 0.440. The molecule has 5 nitrogen and oxygen atoms in total. The van der Waals surface area contributed by atoms with E-state index in [2.05, 4.69) is 34.9 Å². The first-order valence-electron chi connectivity index (χ1n) is 9.38. The summed E-state index contributed by atoms with van der Waals surface area (Å²) in [6.45, 7) is 10.3. The Kier molecular flexibility index (Phi) is 15.6. The van der Waals surface area contributed by atoms with Crippen LogP contribution in [0, 0.1) is 0 Å². The first-order chi connectivity index (χ1) is 11.2. The van der Waals surface area contributed by atoms with Gasteiger partial charge in [0.15, 0.2) is 0 Å². The maximum Gasteiger partial charge on any atom is 0.305 e. The van der Waals surface area contributed by atoms with Gasteiger partial charge >= 0.3 is 5.97 Å². The van der Waals surface area contributed by atoms with E-state index in [0.29, 0.717) is 18.6 Å². The van der Waals surface area contributed by atoms with Gasteiger partial charge in [-0.25, -0.2) is 0 Å². The van der Waals surface area contributed by atoms with Gasteiger partial charge in [0, 0.05) is 12.8 Å². The number of nitrogens with zero attached hydrogens (tertiary/aromatic N) is 1. The third-order valence-corrected chi connectivity index (χ3v) is 4.78. The number of piperidine rings is 1. The standard InChI is InChI=1S/C9H20N.C8H16O2.C2H6O2/c1-9(2)7-5-6-8-10(9,3)4;1-3-5-6-7-8(9)10-4-2;3-1-2-4/h5-8H2,1-4H3;3-7H2,1-2H3;3-4H,1-2H2/q+1;;. The van der Waals surface area contributed by atoms with Gasteiger partial charge < -0.3 is 19.4 Å². The van der Waals surface area contributed by atoms with Gasteiger partial charge in [0.2, 0.25) is 0 Å². The Hall–Kier alpha value is -0.650. The fraction of sp³-hybridized carbons (Fsp3) is 0.947. The van der Waals surface area contributed by atoms with Crippen molar-refractivity contribution in [2.45, 2.75) is 78.2 Å². The summed E-state index contributed by atoms with van der Waals surface area (Å²) in [5.41, 5.74) is 0.512. The molecule has 24 heavy (non-hydrogen) atoms. The number of hydrogen-bond acceptors (Lipinski definition) is 4. The predicted octanol–water partition coefficient (Wildman–Crippen LogP) is 3.13. The minimum atomic E-state index is -0.125. The van der Waals surface area contributed by atoms with Gasteiger partial charge in [-0.15, -0.1) is 0 Å². The number of ether oxygens (including phenoxy) is 1. The van der Waals surface area contributed by atoms with Crippen LogP contribution in [0.2, 0.25) is 0 Å². The van der Waals surface area contributed by atoms with Crippen LogP contribution in [-0.4, -0.2) is 66.7 Å². The molecule has 0 unspecified atom stereocenters. The molecule has 146 valence electrons. The molecule has 1 aliphatic heterocycles. The van der Waals surface area contributed by atoms with Crippen LogP contribution >= 0.6 is 0 Å². The van der Waals surface area contributed by atoms with E-state index in [1.807, 2.05) is 6.92 Å². The van der Waals surface area contributed by atoms with Gasteiger partial charge in [0.05, 0.1) is 46.0 Å². The summed E-state index contributed by atoms with van der Waals surface area (Å²) in [6, 6.07) is 0. The summed E-state index contributed by atoms with van der Waals surface area (Å²) in [5, 5.41) is 15.2. The van der Waals surface area contributed by atoms with Crippen LogP contribution in [0.5, 0.6) is 0 Å². The second-order valence-corrected chi connectivity index (χ2v) is 7.39. The number of quaternary nitrogens is 1. The van der Waals surface area contributed by atoms with E-state index < -0.39 is 0 Å². The molecule has 0 aromatic carbocycles. The van der Waals surface area contributed by atoms with Crippen LogP contribution in [-0.2, 0) is 9.53 Å². The van der Waals surface area contributed by atoms with Crippen LogP contribution in [0.3, 0.4) is 0 Å². The molecule has 1 fully saturated rings. The van der Waals surface area contributed by atoms with Crippen molar-refractivity contribution < 1.29 is 24.2 Å². The average molecular weight is 349 g/mol. The number of hydrogen-bond donors (Lipinski definition) is 2. The lowest BCUT2D eigenvalue weighted by molar-refractivity contribution is -0.943. The Morgan fingerprint density at radius 2 is 1.67 bits per heavy atom. The maximum absolute atomic E-state index is 10.7. The summed E-state index contributed by atoms with van der Waals surface area (Å²) in [4.78, 5) is 10.7. The van der Waals surface area contributed by atoms with E-state index in [9.17, 15) is 4.79 Å². The number of esters is 1. The van der Waals surface area contributed by atoms with E-state index in [1.165, 1.54) is 30.3 Å². The van der Waals surface area contributed by atoms with Crippen molar-refractivity contribution in [3.8, 4) is 0 Å². The molecule has 1 rings (SSSR count). The smallest absolute Gasteiger partial charge is 0.305 e. The lowest BCUT2D eigenvalue weighted by Crippen LogP contribution is -2.58. The Balaban J connectivity index is 0. The van der Waals surface area contributed by atoms with E-state index in [1.54, 1.807) is 0 Å². The van der Waals surface area contributed by atoms with E-state index >= 15 is 0 Å². The van der Waals surface area contributed by atoms with Crippen molar-refractivity contribution in [1.29, 1.82) is 0 Å². The molecule has 0 amide bonds. The van der Waals surface area contributed by atoms with E-state index in [4.69, 9.17) is 14.9 Å². The molecule has 0 spiro atoms. The molecule has 0 aromatic heterocycles. The number of aliphatic hydroxyl groups is 2. The molecule has 5 heteroatoms. The summed E-state index contributed by atoms with van der Waals surface area (Å²) in [7, 11) is 4.69. The topological polar surface area (TPSA) is 66.8 Å². The number of carbonyl (C=O) groups excluding carboxylic acids is 1. The van der Waals surface area contributed by atoms with Gasteiger partial charge in [0.25, 0.3) is 0 Å². The van der Waals surface area contributed by atoms with Crippen molar-refractivity contribution in [1.82, 2.24) is 0 Å². The van der Waals surface area contributed by atoms with Crippen LogP contribution in [0.25, 0.3) is 0 Å². The molecule has 0 atom stereocenters. The van der Waals surface area contributed by atoms with E-state index in [0.717, 1.165) is 19.3 Å². The Morgan fingerprint density at radius 1 is 1.08 bits per heavy atom. The second kappa shape index (κ2) is 14.7. The number of unbranched alkanes of at least 4 members (excludes halogenated alkanes) is 2. The third-order valence-electron chi connectivity index (χ3n) is 4.78. The zero-order valence-corrected chi connectivity index (χ0v) is 16.9. The highest BCUT2D eigenvalue weighted by atomic mass is 16.5. The number of carbonyl (C=O) groups is 1. The molecule has 1 heterocycles. The van der Waals surface area contributed by atoms with Crippen LogP contribution in [0.4, 0.5) is 0 Å². The highest BCUT2D eigenvalue weighted by Crippen LogP contribution is 2.30. The molecule has 0 bridgehead atoms. The molecule has 2 N–H and O–H groups in total. The highest BCUT2D eigenvalue weighted by molar-refractivity contribution is 5.69. The monoisotopic (exact) mass is 348 g/mol. The van der Waals surface area contributed by atoms with Crippen molar-refractivity contribution in [2.75, 3.05) is 40.5 Å². The minimum Gasteiger partial charge on any atom is -0.466 e. The first-order valence-corrected chi connectivity index (χ1v) is 9.38. The van der Waals surface area contributed by atoms with Crippen molar-refractivity contribution in [3.05, 3.63) is 0 Å². The lowest BCUT2D eigenvalue weighted by atomic mass is 9.89. The summed E-state index contributed by atoms with van der Waals surface area (Å²) >= 11 is 0. The zero-order chi connectivity index (χ0) is 19.1. The highest BCUT2D eigenvalue weighted by Gasteiger charge is 2.38. The third kappa shape index (κ3) is 12.7. The van der Waals surface area contributed by atoms with Gasteiger partial charge in [-0.2, -0.15) is 0 Å². The molecule has 0 radical (unpaired) electrons. The van der Waals surface area contributed by atoms with Crippen molar-refractivity contribution in [2.24, 2.45) is 0 Å². The predicted molar refractivity (Wildman–Crippen MR) is 99.9 cm³/mol. The SMILES string of the molecule is CC1(C)CCCC[N+]1(C)C.CCCCCC(=O)OCC.OCCO. The molecule has 1 saturated heterocycles. The normalized spacial score (nSPS) is 17.7. The molecule has 0 saturated carbocycles. The summed E-state index contributed by atoms with van der Waals surface area (Å²) in [5.74, 6) is -0.0593. The van der Waals surface area contributed by atoms with Gasteiger partial charge in [0.1, 0.15) is 0 Å². The minimum absolute atomic E-state index is 0.0593.